The van der Waals surface area contributed by atoms with Gasteiger partial charge in [0.1, 0.15) is 12.0 Å². The molecule has 8 nitrogen and oxygen atoms in total. The second kappa shape index (κ2) is 7.43. The van der Waals surface area contributed by atoms with Crippen LogP contribution in [0, 0.1) is 17.0 Å². The van der Waals surface area contributed by atoms with Crippen LogP contribution in [-0.2, 0) is 4.79 Å². The predicted octanol–water partition coefficient (Wildman–Crippen LogP) is 3.06. The highest BCUT2D eigenvalue weighted by molar-refractivity contribution is 5.92. The molecule has 1 atom stereocenters. The summed E-state index contributed by atoms with van der Waals surface area (Å²) in [4.78, 5) is 25.0. The zero-order chi connectivity index (χ0) is 17.8. The minimum Gasteiger partial charge on any atom is -0.364 e. The Morgan fingerprint density at radius 3 is 3.04 bits per heavy atom. The molecule has 25 heavy (non-hydrogen) atoms. The van der Waals surface area contributed by atoms with Crippen LogP contribution in [0.3, 0.4) is 0 Å². The SMILES string of the molecule is Cc1c(NC(=O)CCN2CCC[C@@H]2c2ccon2)cccc1[N+](=O)[O-]. The molecule has 0 radical (unpaired) electrons. The molecule has 1 N–H and O–H groups in total. The summed E-state index contributed by atoms with van der Waals surface area (Å²) in [7, 11) is 0. The quantitative estimate of drug-likeness (QED) is 0.638. The van der Waals surface area contributed by atoms with Gasteiger partial charge < -0.3 is 9.84 Å². The van der Waals surface area contributed by atoms with Gasteiger partial charge >= 0.3 is 0 Å². The van der Waals surface area contributed by atoms with Crippen molar-refractivity contribution in [2.75, 3.05) is 18.4 Å². The molecule has 8 heteroatoms. The van der Waals surface area contributed by atoms with Gasteiger partial charge in [-0.05, 0) is 32.4 Å². The molecule has 0 unspecified atom stereocenters. The largest absolute Gasteiger partial charge is 0.364 e. The summed E-state index contributed by atoms with van der Waals surface area (Å²) in [5, 5.41) is 17.8. The van der Waals surface area contributed by atoms with Gasteiger partial charge in [-0.2, -0.15) is 0 Å². The molecular formula is C17H20N4O4. The van der Waals surface area contributed by atoms with Gasteiger partial charge in [0.15, 0.2) is 0 Å². The first-order valence-corrected chi connectivity index (χ1v) is 8.24. The van der Waals surface area contributed by atoms with Gasteiger partial charge in [0, 0.05) is 25.1 Å². The third-order valence-corrected chi connectivity index (χ3v) is 4.56. The molecule has 1 fully saturated rings. The van der Waals surface area contributed by atoms with Crippen molar-refractivity contribution in [1.29, 1.82) is 0 Å². The summed E-state index contributed by atoms with van der Waals surface area (Å²) in [5.74, 6) is -0.158. The lowest BCUT2D eigenvalue weighted by molar-refractivity contribution is -0.385. The number of hydrogen-bond acceptors (Lipinski definition) is 6. The van der Waals surface area contributed by atoms with E-state index in [2.05, 4.69) is 15.4 Å². The van der Waals surface area contributed by atoms with Crippen LogP contribution in [0.25, 0.3) is 0 Å². The van der Waals surface area contributed by atoms with Crippen molar-refractivity contribution >= 4 is 17.3 Å². The number of nitrogens with zero attached hydrogens (tertiary/aromatic N) is 3. The van der Waals surface area contributed by atoms with Gasteiger partial charge in [0.25, 0.3) is 5.69 Å². The minimum absolute atomic E-state index is 0.00318. The Morgan fingerprint density at radius 2 is 2.32 bits per heavy atom. The lowest BCUT2D eigenvalue weighted by Gasteiger charge is -2.22. The van der Waals surface area contributed by atoms with Crippen LogP contribution in [0.1, 0.15) is 36.6 Å². The van der Waals surface area contributed by atoms with Gasteiger partial charge in [0.2, 0.25) is 5.91 Å². The Balaban J connectivity index is 1.58. The van der Waals surface area contributed by atoms with Crippen LogP contribution in [0.4, 0.5) is 11.4 Å². The summed E-state index contributed by atoms with van der Waals surface area (Å²) < 4.78 is 4.91. The van der Waals surface area contributed by atoms with Gasteiger partial charge in [-0.25, -0.2) is 0 Å². The van der Waals surface area contributed by atoms with E-state index >= 15 is 0 Å². The predicted molar refractivity (Wildman–Crippen MR) is 91.1 cm³/mol. The summed E-state index contributed by atoms with van der Waals surface area (Å²) in [6, 6.07) is 6.72. The number of hydrogen-bond donors (Lipinski definition) is 1. The molecule has 1 saturated heterocycles. The van der Waals surface area contributed by atoms with Crippen molar-refractivity contribution in [1.82, 2.24) is 10.1 Å². The third-order valence-electron chi connectivity index (χ3n) is 4.56. The van der Waals surface area contributed by atoms with E-state index in [4.69, 9.17) is 4.52 Å². The average molecular weight is 344 g/mol. The summed E-state index contributed by atoms with van der Waals surface area (Å²) >= 11 is 0. The van der Waals surface area contributed by atoms with E-state index in [0.29, 0.717) is 24.2 Å². The highest BCUT2D eigenvalue weighted by Crippen LogP contribution is 2.31. The molecular weight excluding hydrogens is 324 g/mol. The minimum atomic E-state index is -0.447. The van der Waals surface area contributed by atoms with Crippen LogP contribution < -0.4 is 5.32 Å². The molecule has 3 rings (SSSR count). The van der Waals surface area contributed by atoms with E-state index in [1.807, 2.05) is 6.07 Å². The third kappa shape index (κ3) is 3.85. The van der Waals surface area contributed by atoms with E-state index < -0.39 is 4.92 Å². The van der Waals surface area contributed by atoms with Crippen molar-refractivity contribution in [3.05, 3.63) is 51.9 Å². The molecule has 2 heterocycles. The first kappa shape index (κ1) is 17.1. The molecule has 1 aliphatic heterocycles. The number of nitro benzene ring substituents is 1. The van der Waals surface area contributed by atoms with Crippen LogP contribution in [0.2, 0.25) is 0 Å². The smallest absolute Gasteiger partial charge is 0.274 e. The van der Waals surface area contributed by atoms with E-state index in [1.54, 1.807) is 25.3 Å². The topological polar surface area (TPSA) is 102 Å². The fraction of sp³-hybridized carbons (Fsp3) is 0.412. The number of amides is 1. The Bertz CT molecular complexity index is 760. The van der Waals surface area contributed by atoms with Crippen molar-refractivity contribution < 1.29 is 14.2 Å². The summed E-state index contributed by atoms with van der Waals surface area (Å²) in [6.07, 6.45) is 3.93. The number of aromatic nitrogens is 1. The van der Waals surface area contributed by atoms with Crippen LogP contribution in [0.15, 0.2) is 35.1 Å². The fourth-order valence-electron chi connectivity index (χ4n) is 3.24. The van der Waals surface area contributed by atoms with Gasteiger partial charge in [-0.3, -0.25) is 19.8 Å². The van der Waals surface area contributed by atoms with Crippen LogP contribution in [0.5, 0.6) is 0 Å². The number of carbonyl (C=O) groups excluding carboxylic acids is 1. The number of likely N-dealkylation sites (tertiary alicyclic amines) is 1. The Labute approximate surface area is 144 Å². The zero-order valence-corrected chi connectivity index (χ0v) is 14.0. The standard InChI is InChI=1S/C17H20N4O4/c1-12-13(4-2-5-15(12)21(23)24)18-17(22)7-10-20-9-3-6-16(20)14-8-11-25-19-14/h2,4-5,8,11,16H,3,6-7,9-10H2,1H3,(H,18,22)/t16-/m1/s1. The maximum absolute atomic E-state index is 12.3. The fourth-order valence-corrected chi connectivity index (χ4v) is 3.24. The molecule has 1 aromatic carbocycles. The van der Waals surface area contributed by atoms with E-state index in [9.17, 15) is 14.9 Å². The number of nitro groups is 1. The first-order chi connectivity index (χ1) is 12.1. The van der Waals surface area contributed by atoms with Gasteiger partial charge in [0.05, 0.1) is 22.2 Å². The van der Waals surface area contributed by atoms with E-state index in [-0.39, 0.29) is 17.6 Å². The molecule has 1 aromatic heterocycles. The van der Waals surface area contributed by atoms with Crippen LogP contribution in [-0.4, -0.2) is 34.0 Å². The number of carbonyl (C=O) groups is 1. The highest BCUT2D eigenvalue weighted by atomic mass is 16.6. The van der Waals surface area contributed by atoms with Gasteiger partial charge in [-0.15, -0.1) is 0 Å². The number of nitrogens with one attached hydrogen (secondary N) is 1. The molecule has 132 valence electrons. The molecule has 0 spiro atoms. The maximum Gasteiger partial charge on any atom is 0.274 e. The van der Waals surface area contributed by atoms with E-state index in [0.717, 1.165) is 25.1 Å². The summed E-state index contributed by atoms with van der Waals surface area (Å²) in [5.41, 5.74) is 1.84. The number of rotatable bonds is 6. The number of anilines is 1. The van der Waals surface area contributed by atoms with Crippen molar-refractivity contribution in [2.24, 2.45) is 0 Å². The zero-order valence-electron chi connectivity index (χ0n) is 14.0. The molecule has 0 saturated carbocycles. The second-order valence-electron chi connectivity index (χ2n) is 6.12. The van der Waals surface area contributed by atoms with Crippen molar-refractivity contribution in [3.63, 3.8) is 0 Å². The Kier molecular flexibility index (Phi) is 5.08. The summed E-state index contributed by atoms with van der Waals surface area (Å²) in [6.45, 7) is 3.16. The van der Waals surface area contributed by atoms with Gasteiger partial charge in [-0.1, -0.05) is 11.2 Å². The molecule has 0 aliphatic carbocycles. The normalized spacial score (nSPS) is 17.6. The molecule has 1 aliphatic rings. The lowest BCUT2D eigenvalue weighted by atomic mass is 10.1. The lowest BCUT2D eigenvalue weighted by Crippen LogP contribution is -2.28. The van der Waals surface area contributed by atoms with Crippen molar-refractivity contribution in [3.8, 4) is 0 Å². The molecule has 1 amide bonds. The highest BCUT2D eigenvalue weighted by Gasteiger charge is 2.28. The Hall–Kier alpha value is -2.74. The first-order valence-electron chi connectivity index (χ1n) is 8.24. The molecule has 0 bridgehead atoms. The Morgan fingerprint density at radius 1 is 1.48 bits per heavy atom. The van der Waals surface area contributed by atoms with Crippen molar-refractivity contribution in [2.45, 2.75) is 32.2 Å². The average Bonchev–Trinajstić information content (AvgIpc) is 3.25. The van der Waals surface area contributed by atoms with E-state index in [1.165, 1.54) is 6.07 Å². The molecule has 2 aromatic rings. The van der Waals surface area contributed by atoms with Crippen LogP contribution >= 0.6 is 0 Å². The maximum atomic E-state index is 12.3. The number of benzene rings is 1. The second-order valence-corrected chi connectivity index (χ2v) is 6.12. The monoisotopic (exact) mass is 344 g/mol.